The minimum atomic E-state index is -4.14. The van der Waals surface area contributed by atoms with Crippen LogP contribution in [0.1, 0.15) is 19.8 Å². The molecule has 23 heavy (non-hydrogen) atoms. The van der Waals surface area contributed by atoms with E-state index in [0.29, 0.717) is 24.7 Å². The lowest BCUT2D eigenvalue weighted by atomic mass is 10.1. The molecule has 0 unspecified atom stereocenters. The summed E-state index contributed by atoms with van der Waals surface area (Å²) in [5, 5.41) is 16.2. The minimum Gasteiger partial charge on any atom is -0.371 e. The summed E-state index contributed by atoms with van der Waals surface area (Å²) >= 11 is 0. The van der Waals surface area contributed by atoms with Gasteiger partial charge in [0.2, 0.25) is 10.0 Å². The van der Waals surface area contributed by atoms with Crippen molar-refractivity contribution in [2.45, 2.75) is 36.9 Å². The van der Waals surface area contributed by atoms with Gasteiger partial charge in [-0.15, -0.1) is 0 Å². The van der Waals surface area contributed by atoms with E-state index < -0.39 is 25.5 Å². The quantitative estimate of drug-likeness (QED) is 0.651. The summed E-state index contributed by atoms with van der Waals surface area (Å²) in [6, 6.07) is 4.05. The third-order valence-electron chi connectivity index (χ3n) is 4.24. The average molecular weight is 341 g/mol. The first-order valence-corrected chi connectivity index (χ1v) is 9.02. The average Bonchev–Trinajstić information content (AvgIpc) is 3.29. The van der Waals surface area contributed by atoms with Crippen LogP contribution in [0.3, 0.4) is 0 Å². The Morgan fingerprint density at radius 2 is 2.04 bits per heavy atom. The molecule has 1 saturated heterocycles. The molecule has 1 aromatic rings. The van der Waals surface area contributed by atoms with Crippen molar-refractivity contribution in [3.8, 4) is 0 Å². The van der Waals surface area contributed by atoms with Crippen LogP contribution in [0.4, 0.5) is 11.4 Å². The Morgan fingerprint density at radius 1 is 1.35 bits per heavy atom. The predicted octanol–water partition coefficient (Wildman–Crippen LogP) is 1.25. The van der Waals surface area contributed by atoms with Gasteiger partial charge in [0.25, 0.3) is 5.69 Å². The fraction of sp³-hybridized carbons (Fsp3) is 0.571. The molecule has 9 heteroatoms. The largest absolute Gasteiger partial charge is 0.371 e. The highest BCUT2D eigenvalue weighted by molar-refractivity contribution is 7.89. The number of morpholine rings is 1. The van der Waals surface area contributed by atoms with Crippen LogP contribution in [0.15, 0.2) is 23.1 Å². The van der Waals surface area contributed by atoms with Crippen molar-refractivity contribution in [2.24, 2.45) is 11.1 Å². The van der Waals surface area contributed by atoms with E-state index in [2.05, 4.69) is 0 Å². The van der Waals surface area contributed by atoms with Crippen LogP contribution >= 0.6 is 0 Å². The maximum Gasteiger partial charge on any atom is 0.291 e. The second kappa shape index (κ2) is 5.73. The van der Waals surface area contributed by atoms with Crippen molar-refractivity contribution >= 4 is 21.4 Å². The summed E-state index contributed by atoms with van der Waals surface area (Å²) in [6.07, 6.45) is 2.44. The topological polar surface area (TPSA) is 116 Å². The maximum absolute atomic E-state index is 11.5. The molecule has 1 aliphatic heterocycles. The number of ether oxygens (including phenoxy) is 1. The second-order valence-corrected chi connectivity index (χ2v) is 7.71. The van der Waals surface area contributed by atoms with Crippen LogP contribution in [0.5, 0.6) is 0 Å². The van der Waals surface area contributed by atoms with Crippen molar-refractivity contribution in [3.05, 3.63) is 28.3 Å². The number of anilines is 1. The third-order valence-corrected chi connectivity index (χ3v) is 5.20. The molecule has 0 spiro atoms. The third kappa shape index (κ3) is 3.46. The van der Waals surface area contributed by atoms with Crippen LogP contribution in [-0.2, 0) is 14.8 Å². The highest BCUT2D eigenvalue weighted by Gasteiger charge is 2.37. The number of hydrogen-bond donors (Lipinski definition) is 1. The number of benzene rings is 1. The smallest absolute Gasteiger partial charge is 0.291 e. The molecule has 2 N–H and O–H groups in total. The van der Waals surface area contributed by atoms with Gasteiger partial charge >= 0.3 is 0 Å². The maximum atomic E-state index is 11.5. The van der Waals surface area contributed by atoms with Gasteiger partial charge in [0.15, 0.2) is 4.90 Å². The number of hydrogen-bond acceptors (Lipinski definition) is 6. The highest BCUT2D eigenvalue weighted by Crippen LogP contribution is 2.38. The summed E-state index contributed by atoms with van der Waals surface area (Å²) < 4.78 is 28.9. The Labute approximate surface area is 134 Å². The Balaban J connectivity index is 1.93. The van der Waals surface area contributed by atoms with E-state index in [0.717, 1.165) is 12.8 Å². The van der Waals surface area contributed by atoms with E-state index in [1.165, 1.54) is 12.1 Å². The lowest BCUT2D eigenvalue weighted by Gasteiger charge is -2.38. The molecule has 1 heterocycles. The summed E-state index contributed by atoms with van der Waals surface area (Å²) in [6.45, 7) is 3.23. The Hall–Kier alpha value is -1.71. The van der Waals surface area contributed by atoms with Crippen molar-refractivity contribution in [3.63, 3.8) is 0 Å². The van der Waals surface area contributed by atoms with Gasteiger partial charge in [-0.3, -0.25) is 10.1 Å². The molecule has 2 atom stereocenters. The zero-order valence-corrected chi connectivity index (χ0v) is 13.5. The molecule has 3 rings (SSSR count). The molecule has 8 nitrogen and oxygen atoms in total. The van der Waals surface area contributed by atoms with Crippen LogP contribution in [0, 0.1) is 16.0 Å². The fourth-order valence-electron chi connectivity index (χ4n) is 3.01. The van der Waals surface area contributed by atoms with E-state index in [-0.39, 0.29) is 12.2 Å². The zero-order chi connectivity index (χ0) is 16.8. The van der Waals surface area contributed by atoms with Crippen molar-refractivity contribution < 1.29 is 18.1 Å². The molecule has 2 fully saturated rings. The normalized spacial score (nSPS) is 25.4. The Morgan fingerprint density at radius 3 is 2.61 bits per heavy atom. The standard InChI is InChI=1S/C14H19N3O5S/c1-9-7-16(8-13(22-9)10-2-3-10)11-4-5-14(23(15,20)21)12(6-11)17(18)19/h4-6,9-10,13H,2-3,7-8H2,1H3,(H2,15,20,21)/t9-,13-/m1/s1. The predicted molar refractivity (Wildman–Crippen MR) is 83.7 cm³/mol. The number of sulfonamides is 1. The molecule has 126 valence electrons. The van der Waals surface area contributed by atoms with Crippen LogP contribution in [0.2, 0.25) is 0 Å². The van der Waals surface area contributed by atoms with Gasteiger partial charge in [-0.25, -0.2) is 13.6 Å². The van der Waals surface area contributed by atoms with Crippen molar-refractivity contribution in [2.75, 3.05) is 18.0 Å². The zero-order valence-electron chi connectivity index (χ0n) is 12.7. The number of nitro benzene ring substituents is 1. The summed E-state index contributed by atoms with van der Waals surface area (Å²) in [7, 11) is -4.14. The molecule has 0 aromatic heterocycles. The first-order valence-electron chi connectivity index (χ1n) is 7.47. The van der Waals surface area contributed by atoms with Crippen molar-refractivity contribution in [1.82, 2.24) is 0 Å². The second-order valence-electron chi connectivity index (χ2n) is 6.18. The molecular weight excluding hydrogens is 322 g/mol. The molecule has 0 bridgehead atoms. The number of nitrogens with zero attached hydrogens (tertiary/aromatic N) is 2. The van der Waals surface area contributed by atoms with Crippen LogP contribution < -0.4 is 10.0 Å². The summed E-state index contributed by atoms with van der Waals surface area (Å²) in [4.78, 5) is 12.0. The number of primary sulfonamides is 1. The van der Waals surface area contributed by atoms with Crippen LogP contribution in [-0.4, -0.2) is 38.6 Å². The Kier molecular flexibility index (Phi) is 4.03. The molecule has 0 radical (unpaired) electrons. The lowest BCUT2D eigenvalue weighted by molar-refractivity contribution is -0.387. The van der Waals surface area contributed by atoms with E-state index >= 15 is 0 Å². The Bertz CT molecular complexity index is 732. The SMILES string of the molecule is C[C@@H]1CN(c2ccc(S(N)(=O)=O)c([N+](=O)[O-])c2)C[C@H](C2CC2)O1. The first kappa shape index (κ1) is 16.2. The number of nitrogens with two attached hydrogens (primary N) is 1. The van der Waals surface area contributed by atoms with Crippen LogP contribution in [0.25, 0.3) is 0 Å². The minimum absolute atomic E-state index is 0.0197. The van der Waals surface area contributed by atoms with E-state index in [4.69, 9.17) is 9.88 Å². The first-order chi connectivity index (χ1) is 10.8. The molecule has 2 aliphatic rings. The van der Waals surface area contributed by atoms with Gasteiger partial charge in [-0.2, -0.15) is 0 Å². The molecule has 1 saturated carbocycles. The highest BCUT2D eigenvalue weighted by atomic mass is 32.2. The summed E-state index contributed by atoms with van der Waals surface area (Å²) in [5.74, 6) is 0.555. The fourth-order valence-corrected chi connectivity index (χ4v) is 3.69. The monoisotopic (exact) mass is 341 g/mol. The van der Waals surface area contributed by atoms with Gasteiger partial charge in [-0.1, -0.05) is 0 Å². The number of nitro groups is 1. The molecular formula is C14H19N3O5S. The molecule has 0 amide bonds. The van der Waals surface area contributed by atoms with Gasteiger partial charge in [0.1, 0.15) is 0 Å². The van der Waals surface area contributed by atoms with Gasteiger partial charge < -0.3 is 9.64 Å². The molecule has 1 aliphatic carbocycles. The van der Waals surface area contributed by atoms with Gasteiger partial charge in [-0.05, 0) is 37.8 Å². The summed E-state index contributed by atoms with van der Waals surface area (Å²) in [5.41, 5.74) is 0.122. The van der Waals surface area contributed by atoms with E-state index in [1.54, 1.807) is 6.07 Å². The van der Waals surface area contributed by atoms with E-state index in [9.17, 15) is 18.5 Å². The molecule has 1 aromatic carbocycles. The van der Waals surface area contributed by atoms with E-state index in [1.807, 2.05) is 11.8 Å². The lowest BCUT2D eigenvalue weighted by Crippen LogP contribution is -2.47. The van der Waals surface area contributed by atoms with Gasteiger partial charge in [0.05, 0.1) is 17.1 Å². The number of rotatable bonds is 4. The van der Waals surface area contributed by atoms with Crippen molar-refractivity contribution in [1.29, 1.82) is 0 Å². The van der Waals surface area contributed by atoms with Gasteiger partial charge in [0, 0.05) is 24.8 Å².